The summed E-state index contributed by atoms with van der Waals surface area (Å²) >= 11 is 0. The summed E-state index contributed by atoms with van der Waals surface area (Å²) in [6, 6.07) is 0. The Balaban J connectivity index is 1.71. The van der Waals surface area contributed by atoms with Gasteiger partial charge in [-0.2, -0.15) is 0 Å². The van der Waals surface area contributed by atoms with E-state index in [0.717, 1.165) is 50.9 Å². The number of carbonyl (C=O) groups excluding carboxylic acids is 1. The third kappa shape index (κ3) is 4.22. The molecule has 0 aliphatic heterocycles. The number of aliphatic hydroxyl groups is 2. The zero-order valence-electron chi connectivity index (χ0n) is 21.9. The van der Waals surface area contributed by atoms with Crippen molar-refractivity contribution in [3.8, 4) is 0 Å². The van der Waals surface area contributed by atoms with Gasteiger partial charge in [0.25, 0.3) is 0 Å². The van der Waals surface area contributed by atoms with E-state index in [0.29, 0.717) is 23.7 Å². The van der Waals surface area contributed by atoms with Crippen molar-refractivity contribution in [2.75, 3.05) is 0 Å². The molecular weight excluding hydrogens is 412 g/mol. The molecule has 0 aromatic heterocycles. The van der Waals surface area contributed by atoms with Crippen LogP contribution in [-0.2, 0) is 9.53 Å². The summed E-state index contributed by atoms with van der Waals surface area (Å²) in [6.45, 7) is 13.1. The summed E-state index contributed by atoms with van der Waals surface area (Å²) in [4.78, 5) is 12.3. The fourth-order valence-electron chi connectivity index (χ4n) is 8.88. The third-order valence-electron chi connectivity index (χ3n) is 10.5. The first-order valence-corrected chi connectivity index (χ1v) is 13.8. The molecule has 0 aromatic carbocycles. The van der Waals surface area contributed by atoms with Crippen LogP contribution < -0.4 is 0 Å². The molecule has 2 fully saturated rings. The molecule has 4 heteroatoms. The lowest BCUT2D eigenvalue weighted by Gasteiger charge is -2.58. The highest BCUT2D eigenvalue weighted by atomic mass is 16.6. The van der Waals surface area contributed by atoms with E-state index in [9.17, 15) is 15.0 Å². The number of aliphatic hydroxyl groups excluding tert-OH is 2. The highest BCUT2D eigenvalue weighted by molar-refractivity contribution is 5.66. The van der Waals surface area contributed by atoms with Gasteiger partial charge in [0, 0.05) is 12.3 Å². The standard InChI is InChI=1S/C29H48O4/c1-17(2)8-7-9-18(3)23-12-13-24-22-11-10-20-16-21(31)14-15-28(20,5)25(22)26(32)27(29(23,24)6)33-19(4)30/h17-18,20-21,23-24,26-27,31-32H,7-16H2,1-6H3/t18-,20?,21+,23-,24+,26-,27+,28+,29-/m1/s1. The van der Waals surface area contributed by atoms with E-state index in [1.54, 1.807) is 0 Å². The topological polar surface area (TPSA) is 66.8 Å². The highest BCUT2D eigenvalue weighted by Crippen LogP contribution is 2.66. The number of hydrogen-bond donors (Lipinski definition) is 2. The van der Waals surface area contributed by atoms with Crippen LogP contribution in [0.1, 0.15) is 106 Å². The van der Waals surface area contributed by atoms with Crippen LogP contribution in [0.25, 0.3) is 0 Å². The van der Waals surface area contributed by atoms with E-state index in [2.05, 4.69) is 34.6 Å². The SMILES string of the molecule is CC(=O)O[C@H]1[C@H](O)C2=C(CCC3C[C@@H](O)CC[C@]23C)[C@@H]2CC[C@H]([C@H](C)CCCC(C)C)[C@]21C. The molecular formula is C29H48O4. The largest absolute Gasteiger partial charge is 0.459 e. The summed E-state index contributed by atoms with van der Waals surface area (Å²) < 4.78 is 6.07. The van der Waals surface area contributed by atoms with Crippen molar-refractivity contribution in [1.82, 2.24) is 0 Å². The lowest BCUT2D eigenvalue weighted by molar-refractivity contribution is -0.174. The van der Waals surface area contributed by atoms with E-state index in [1.807, 2.05) is 0 Å². The Hall–Kier alpha value is -0.870. The summed E-state index contributed by atoms with van der Waals surface area (Å²) in [6.07, 6.45) is 9.27. The molecule has 9 atom stereocenters. The molecule has 0 saturated heterocycles. The summed E-state index contributed by atoms with van der Waals surface area (Å²) in [7, 11) is 0. The zero-order chi connectivity index (χ0) is 24.1. The molecule has 188 valence electrons. The fourth-order valence-corrected chi connectivity index (χ4v) is 8.88. The molecule has 33 heavy (non-hydrogen) atoms. The van der Waals surface area contributed by atoms with E-state index in [-0.39, 0.29) is 22.9 Å². The minimum absolute atomic E-state index is 0.0904. The molecule has 4 aliphatic carbocycles. The van der Waals surface area contributed by atoms with Gasteiger partial charge in [-0.05, 0) is 85.5 Å². The van der Waals surface area contributed by atoms with Crippen LogP contribution in [0, 0.1) is 40.4 Å². The van der Waals surface area contributed by atoms with Crippen LogP contribution in [0.3, 0.4) is 0 Å². The van der Waals surface area contributed by atoms with Crippen molar-refractivity contribution in [3.63, 3.8) is 0 Å². The van der Waals surface area contributed by atoms with Gasteiger partial charge in [-0.25, -0.2) is 0 Å². The van der Waals surface area contributed by atoms with E-state index >= 15 is 0 Å². The number of rotatable bonds is 6. The lowest BCUT2D eigenvalue weighted by atomic mass is 9.49. The number of carbonyl (C=O) groups is 1. The minimum atomic E-state index is -0.725. The number of hydrogen-bond acceptors (Lipinski definition) is 4. The van der Waals surface area contributed by atoms with E-state index < -0.39 is 12.2 Å². The Morgan fingerprint density at radius 3 is 2.48 bits per heavy atom. The Kier molecular flexibility index (Phi) is 7.11. The molecule has 2 saturated carbocycles. The summed E-state index contributed by atoms with van der Waals surface area (Å²) in [5, 5.41) is 22.3. The van der Waals surface area contributed by atoms with Gasteiger partial charge in [-0.15, -0.1) is 0 Å². The summed E-state index contributed by atoms with van der Waals surface area (Å²) in [5.41, 5.74) is 2.37. The molecule has 0 amide bonds. The quantitative estimate of drug-likeness (QED) is 0.374. The first-order chi connectivity index (χ1) is 15.5. The van der Waals surface area contributed by atoms with Gasteiger partial charge in [0.15, 0.2) is 0 Å². The van der Waals surface area contributed by atoms with E-state index in [4.69, 9.17) is 4.74 Å². The first kappa shape index (κ1) is 25.2. The van der Waals surface area contributed by atoms with Crippen molar-refractivity contribution in [3.05, 3.63) is 11.1 Å². The average molecular weight is 461 g/mol. The van der Waals surface area contributed by atoms with Crippen LogP contribution in [-0.4, -0.2) is 34.5 Å². The molecule has 0 spiro atoms. The van der Waals surface area contributed by atoms with Crippen LogP contribution in [0.4, 0.5) is 0 Å². The van der Waals surface area contributed by atoms with Gasteiger partial charge in [-0.3, -0.25) is 4.79 Å². The molecule has 2 N–H and O–H groups in total. The van der Waals surface area contributed by atoms with Gasteiger partial charge in [-0.1, -0.05) is 59.5 Å². The number of allylic oxidation sites excluding steroid dienone is 1. The van der Waals surface area contributed by atoms with E-state index in [1.165, 1.54) is 37.3 Å². The van der Waals surface area contributed by atoms with Crippen molar-refractivity contribution < 1.29 is 19.7 Å². The molecule has 4 rings (SSSR count). The second-order valence-corrected chi connectivity index (χ2v) is 12.9. The maximum absolute atomic E-state index is 12.3. The maximum Gasteiger partial charge on any atom is 0.303 e. The van der Waals surface area contributed by atoms with Gasteiger partial charge >= 0.3 is 5.97 Å². The second kappa shape index (κ2) is 9.30. The molecule has 4 aliphatic rings. The second-order valence-electron chi connectivity index (χ2n) is 12.9. The fraction of sp³-hybridized carbons (Fsp3) is 0.897. The minimum Gasteiger partial charge on any atom is -0.459 e. The molecule has 0 aromatic rings. The zero-order valence-corrected chi connectivity index (χ0v) is 21.9. The predicted molar refractivity (Wildman–Crippen MR) is 131 cm³/mol. The third-order valence-corrected chi connectivity index (χ3v) is 10.5. The number of esters is 1. The molecule has 0 heterocycles. The highest BCUT2D eigenvalue weighted by Gasteiger charge is 2.64. The van der Waals surface area contributed by atoms with Crippen LogP contribution in [0.15, 0.2) is 11.1 Å². The molecule has 1 unspecified atom stereocenters. The Morgan fingerprint density at radius 1 is 1.09 bits per heavy atom. The van der Waals surface area contributed by atoms with Crippen molar-refractivity contribution >= 4 is 5.97 Å². The Morgan fingerprint density at radius 2 is 1.82 bits per heavy atom. The number of ether oxygens (including phenoxy) is 1. The number of fused-ring (bicyclic) bond motifs is 4. The molecule has 0 bridgehead atoms. The van der Waals surface area contributed by atoms with Crippen LogP contribution in [0.5, 0.6) is 0 Å². The average Bonchev–Trinajstić information content (AvgIpc) is 3.08. The van der Waals surface area contributed by atoms with Gasteiger partial charge in [0.2, 0.25) is 0 Å². The van der Waals surface area contributed by atoms with Crippen LogP contribution in [0.2, 0.25) is 0 Å². The normalized spacial score (nSPS) is 43.7. The maximum atomic E-state index is 12.3. The first-order valence-electron chi connectivity index (χ1n) is 13.8. The molecule has 4 nitrogen and oxygen atoms in total. The van der Waals surface area contributed by atoms with Gasteiger partial charge < -0.3 is 14.9 Å². The van der Waals surface area contributed by atoms with Crippen LogP contribution >= 0.6 is 0 Å². The van der Waals surface area contributed by atoms with Gasteiger partial charge in [0.05, 0.1) is 6.10 Å². The molecule has 0 radical (unpaired) electrons. The van der Waals surface area contributed by atoms with Crippen molar-refractivity contribution in [2.24, 2.45) is 40.4 Å². The van der Waals surface area contributed by atoms with Gasteiger partial charge in [0.1, 0.15) is 12.2 Å². The lowest BCUT2D eigenvalue weighted by Crippen LogP contribution is -2.59. The Bertz CT molecular complexity index is 772. The predicted octanol–water partition coefficient (Wildman–Crippen LogP) is 6.05. The van der Waals surface area contributed by atoms with Crippen molar-refractivity contribution in [2.45, 2.75) is 124 Å². The van der Waals surface area contributed by atoms with Crippen molar-refractivity contribution in [1.29, 1.82) is 0 Å². The summed E-state index contributed by atoms with van der Waals surface area (Å²) in [5.74, 6) is 2.26. The monoisotopic (exact) mass is 460 g/mol. The Labute approximate surface area is 201 Å². The smallest absolute Gasteiger partial charge is 0.303 e.